The van der Waals surface area contributed by atoms with E-state index in [1.807, 2.05) is 36.4 Å². The van der Waals surface area contributed by atoms with Crippen molar-refractivity contribution in [3.8, 4) is 0 Å². The third kappa shape index (κ3) is 6.06. The molecule has 1 aromatic carbocycles. The molecule has 0 radical (unpaired) electrons. The molecule has 156 valence electrons. The molecule has 1 aromatic heterocycles. The fraction of sp³-hybridized carbons (Fsp3) is 0.238. The van der Waals surface area contributed by atoms with Crippen molar-refractivity contribution in [3.63, 3.8) is 0 Å². The Balaban J connectivity index is 1.48. The van der Waals surface area contributed by atoms with Gasteiger partial charge in [0.15, 0.2) is 5.82 Å². The van der Waals surface area contributed by atoms with Crippen molar-refractivity contribution in [3.05, 3.63) is 84.1 Å². The zero-order chi connectivity index (χ0) is 21.2. The number of allylic oxidation sites excluding steroid dienone is 2. The van der Waals surface area contributed by atoms with Crippen LogP contribution in [0.5, 0.6) is 0 Å². The first-order chi connectivity index (χ1) is 14.7. The van der Waals surface area contributed by atoms with Crippen LogP contribution in [0.2, 0.25) is 0 Å². The SMILES string of the molecule is COC(=O)[C@H](CCN1C=CC(c2ncccn2)=C[N-]1)NC(=O)OCc1ccccc1. The van der Waals surface area contributed by atoms with Crippen LogP contribution in [0.25, 0.3) is 11.0 Å². The van der Waals surface area contributed by atoms with Gasteiger partial charge in [0, 0.05) is 18.9 Å². The van der Waals surface area contributed by atoms with Crippen molar-refractivity contribution in [2.24, 2.45) is 0 Å². The monoisotopic (exact) mass is 408 g/mol. The Labute approximate surface area is 174 Å². The highest BCUT2D eigenvalue weighted by molar-refractivity contribution is 5.81. The summed E-state index contributed by atoms with van der Waals surface area (Å²) in [5.41, 5.74) is 5.94. The first kappa shape index (κ1) is 20.8. The Bertz CT molecular complexity index is 902. The Morgan fingerprint density at radius 2 is 1.93 bits per heavy atom. The molecular formula is C21H22N5O4-. The van der Waals surface area contributed by atoms with Crippen LogP contribution in [0.15, 0.2) is 67.3 Å². The Morgan fingerprint density at radius 3 is 2.60 bits per heavy atom. The summed E-state index contributed by atoms with van der Waals surface area (Å²) in [5, 5.41) is 4.20. The molecule has 0 saturated heterocycles. The molecular weight excluding hydrogens is 386 g/mol. The number of hydrogen-bond acceptors (Lipinski definition) is 7. The van der Waals surface area contributed by atoms with Gasteiger partial charge in [-0.05, 0) is 35.9 Å². The minimum atomic E-state index is -0.857. The van der Waals surface area contributed by atoms with Gasteiger partial charge in [-0.2, -0.15) is 6.20 Å². The van der Waals surface area contributed by atoms with E-state index < -0.39 is 18.1 Å². The zero-order valence-corrected chi connectivity index (χ0v) is 16.5. The van der Waals surface area contributed by atoms with Gasteiger partial charge in [-0.25, -0.2) is 19.6 Å². The predicted octanol–water partition coefficient (Wildman–Crippen LogP) is 2.79. The first-order valence-electron chi connectivity index (χ1n) is 9.34. The maximum atomic E-state index is 12.1. The number of hydrogen-bond donors (Lipinski definition) is 1. The summed E-state index contributed by atoms with van der Waals surface area (Å²) < 4.78 is 9.96. The number of carbonyl (C=O) groups is 2. The van der Waals surface area contributed by atoms with E-state index in [2.05, 4.69) is 20.7 Å². The van der Waals surface area contributed by atoms with Crippen molar-refractivity contribution >= 4 is 17.6 Å². The number of aromatic nitrogens is 2. The van der Waals surface area contributed by atoms with Crippen molar-refractivity contribution in [2.45, 2.75) is 19.1 Å². The molecule has 0 aliphatic carbocycles. The number of amides is 1. The molecule has 0 unspecified atom stereocenters. The van der Waals surface area contributed by atoms with Crippen LogP contribution in [-0.4, -0.2) is 46.7 Å². The molecule has 1 aliphatic rings. The third-order valence-corrected chi connectivity index (χ3v) is 4.23. The number of nitrogens with one attached hydrogen (secondary N) is 1. The number of carbonyl (C=O) groups excluding carboxylic acids is 2. The van der Waals surface area contributed by atoms with Crippen molar-refractivity contribution in [1.29, 1.82) is 0 Å². The summed E-state index contributed by atoms with van der Waals surface area (Å²) in [6.45, 7) is 0.495. The summed E-state index contributed by atoms with van der Waals surface area (Å²) in [6.07, 6.45) is 8.14. The Morgan fingerprint density at radius 1 is 1.17 bits per heavy atom. The smallest absolute Gasteiger partial charge is 0.408 e. The third-order valence-electron chi connectivity index (χ3n) is 4.23. The first-order valence-corrected chi connectivity index (χ1v) is 9.34. The normalized spacial score (nSPS) is 13.6. The van der Waals surface area contributed by atoms with Crippen molar-refractivity contribution < 1.29 is 19.1 Å². The summed E-state index contributed by atoms with van der Waals surface area (Å²) in [6, 6.07) is 10.2. The maximum absolute atomic E-state index is 12.1. The lowest BCUT2D eigenvalue weighted by Crippen LogP contribution is -2.43. The lowest BCUT2D eigenvalue weighted by Gasteiger charge is -2.38. The van der Waals surface area contributed by atoms with Crippen LogP contribution in [0.1, 0.15) is 17.8 Å². The van der Waals surface area contributed by atoms with Crippen molar-refractivity contribution in [2.75, 3.05) is 13.7 Å². The van der Waals surface area contributed by atoms with Gasteiger partial charge in [0.2, 0.25) is 0 Å². The van der Waals surface area contributed by atoms with Crippen LogP contribution in [-0.2, 0) is 20.9 Å². The van der Waals surface area contributed by atoms with Crippen LogP contribution in [0.4, 0.5) is 4.79 Å². The molecule has 0 bridgehead atoms. The molecule has 9 heteroatoms. The fourth-order valence-electron chi connectivity index (χ4n) is 2.66. The van der Waals surface area contributed by atoms with Crippen molar-refractivity contribution in [1.82, 2.24) is 20.3 Å². The molecule has 1 aliphatic heterocycles. The van der Waals surface area contributed by atoms with Gasteiger partial charge in [0.25, 0.3) is 0 Å². The lowest BCUT2D eigenvalue weighted by molar-refractivity contribution is -0.143. The van der Waals surface area contributed by atoms with E-state index in [4.69, 9.17) is 9.47 Å². The molecule has 9 nitrogen and oxygen atoms in total. The standard InChI is InChI=1S/C21H23N5O4/c1-29-20(27)18(25-21(28)30-15-16-6-3-2-4-7-16)9-13-26-12-8-17(14-24-26)19-22-10-5-11-23-19/h2-8,10-12,14,18H,9,13,15H2,1H3,(H2,22,23,24,25,28)/p-1/t18-/m0/s1. The number of rotatable bonds is 8. The molecule has 1 atom stereocenters. The number of ether oxygens (including phenoxy) is 2. The van der Waals surface area contributed by atoms with E-state index in [0.717, 1.165) is 11.1 Å². The average molecular weight is 408 g/mol. The Kier molecular flexibility index (Phi) is 7.37. The van der Waals surface area contributed by atoms with E-state index in [0.29, 0.717) is 12.4 Å². The molecule has 0 fully saturated rings. The summed E-state index contributed by atoms with van der Waals surface area (Å²) in [7, 11) is 1.27. The second kappa shape index (κ2) is 10.6. The minimum absolute atomic E-state index is 0.111. The highest BCUT2D eigenvalue weighted by atomic mass is 16.6. The number of esters is 1. The quantitative estimate of drug-likeness (QED) is 0.669. The van der Waals surface area contributed by atoms with Gasteiger partial charge in [0.1, 0.15) is 12.6 Å². The number of benzene rings is 1. The van der Waals surface area contributed by atoms with Gasteiger partial charge in [-0.15, -0.1) is 0 Å². The van der Waals surface area contributed by atoms with E-state index in [9.17, 15) is 9.59 Å². The van der Waals surface area contributed by atoms with E-state index >= 15 is 0 Å². The van der Waals surface area contributed by atoms with E-state index in [-0.39, 0.29) is 13.0 Å². The Hall–Kier alpha value is -3.88. The number of alkyl carbamates (subject to hydrolysis) is 1. The highest BCUT2D eigenvalue weighted by Crippen LogP contribution is 2.20. The molecule has 1 amide bonds. The average Bonchev–Trinajstić information content (AvgIpc) is 2.81. The van der Waals surface area contributed by atoms with Crippen LogP contribution in [0, 0.1) is 0 Å². The molecule has 3 rings (SSSR count). The molecule has 2 heterocycles. The molecule has 0 spiro atoms. The molecule has 0 saturated carbocycles. The predicted molar refractivity (Wildman–Crippen MR) is 109 cm³/mol. The molecule has 2 aromatic rings. The van der Waals surface area contributed by atoms with Crippen LogP contribution in [0.3, 0.4) is 0 Å². The summed E-state index contributed by atoms with van der Waals surface area (Å²) in [4.78, 5) is 32.5. The van der Waals surface area contributed by atoms with Crippen LogP contribution >= 0.6 is 0 Å². The second-order valence-corrected chi connectivity index (χ2v) is 6.32. The van der Waals surface area contributed by atoms with Gasteiger partial charge in [0.05, 0.1) is 7.11 Å². The minimum Gasteiger partial charge on any atom is -0.601 e. The maximum Gasteiger partial charge on any atom is 0.408 e. The zero-order valence-electron chi connectivity index (χ0n) is 16.5. The number of methoxy groups -OCH3 is 1. The topological polar surface area (TPSA) is 108 Å². The number of nitrogens with zero attached hydrogens (tertiary/aromatic N) is 4. The molecule has 1 N–H and O–H groups in total. The lowest BCUT2D eigenvalue weighted by atomic mass is 10.2. The van der Waals surface area contributed by atoms with Gasteiger partial charge in [-0.1, -0.05) is 30.3 Å². The van der Waals surface area contributed by atoms with E-state index in [1.165, 1.54) is 7.11 Å². The van der Waals surface area contributed by atoms with Crippen LogP contribution < -0.4 is 5.32 Å². The van der Waals surface area contributed by atoms with Gasteiger partial charge >= 0.3 is 12.1 Å². The summed E-state index contributed by atoms with van der Waals surface area (Å²) >= 11 is 0. The van der Waals surface area contributed by atoms with Gasteiger partial charge in [-0.3, -0.25) is 0 Å². The largest absolute Gasteiger partial charge is 0.601 e. The molecule has 30 heavy (non-hydrogen) atoms. The fourth-order valence-corrected chi connectivity index (χ4v) is 2.66. The highest BCUT2D eigenvalue weighted by Gasteiger charge is 2.22. The second-order valence-electron chi connectivity index (χ2n) is 6.32. The van der Waals surface area contributed by atoms with E-state index in [1.54, 1.807) is 35.9 Å². The van der Waals surface area contributed by atoms with Gasteiger partial charge < -0.3 is 25.2 Å². The summed E-state index contributed by atoms with van der Waals surface area (Å²) in [5.74, 6) is 0.0222.